The molecule has 0 aliphatic heterocycles. The first kappa shape index (κ1) is 20.2. The van der Waals surface area contributed by atoms with Crippen molar-refractivity contribution < 1.29 is 0 Å². The van der Waals surface area contributed by atoms with Crippen molar-refractivity contribution in [3.8, 4) is 22.5 Å². The molecule has 0 amide bonds. The van der Waals surface area contributed by atoms with Crippen LogP contribution >= 0.6 is 0 Å². The number of nitrogens with one attached hydrogen (secondary N) is 1. The molecule has 3 aromatic heterocycles. The maximum atomic E-state index is 6.57. The molecule has 1 aromatic carbocycles. The molecular weight excluding hydrogens is 406 g/mol. The van der Waals surface area contributed by atoms with Crippen molar-refractivity contribution in [2.45, 2.75) is 51.0 Å². The quantitative estimate of drug-likeness (QED) is 0.416. The molecule has 2 aliphatic carbocycles. The summed E-state index contributed by atoms with van der Waals surface area (Å²) in [6.07, 6.45) is 15.3. The molecule has 0 bridgehead atoms. The van der Waals surface area contributed by atoms with Crippen LogP contribution in [0.3, 0.4) is 0 Å². The van der Waals surface area contributed by atoms with Crippen molar-refractivity contribution in [2.75, 3.05) is 0 Å². The zero-order valence-electron chi connectivity index (χ0n) is 19.2. The van der Waals surface area contributed by atoms with Crippen LogP contribution in [0.5, 0.6) is 0 Å². The lowest BCUT2D eigenvalue weighted by Crippen LogP contribution is -2.43. The topological polar surface area (TPSA) is 72.0 Å². The van der Waals surface area contributed by atoms with Gasteiger partial charge in [-0.15, -0.1) is 0 Å². The fraction of sp³-hybridized carbons (Fsp3) is 0.286. The molecule has 0 saturated heterocycles. The Labute approximate surface area is 194 Å². The summed E-state index contributed by atoms with van der Waals surface area (Å²) in [7, 11) is 0. The van der Waals surface area contributed by atoms with Gasteiger partial charge in [-0.25, -0.2) is 4.98 Å². The van der Waals surface area contributed by atoms with Gasteiger partial charge in [0.1, 0.15) is 5.65 Å². The lowest BCUT2D eigenvalue weighted by molar-refractivity contribution is 0.253. The van der Waals surface area contributed by atoms with Gasteiger partial charge in [0.2, 0.25) is 0 Å². The lowest BCUT2D eigenvalue weighted by Gasteiger charge is -2.38. The van der Waals surface area contributed by atoms with Gasteiger partial charge in [0.15, 0.2) is 0 Å². The molecule has 1 fully saturated rings. The van der Waals surface area contributed by atoms with Crippen LogP contribution in [0.25, 0.3) is 28.2 Å². The Morgan fingerprint density at radius 2 is 1.88 bits per heavy atom. The van der Waals surface area contributed by atoms with E-state index in [0.717, 1.165) is 58.7 Å². The first-order valence-corrected chi connectivity index (χ1v) is 11.8. The minimum atomic E-state index is -0.148. The van der Waals surface area contributed by atoms with E-state index in [4.69, 9.17) is 10.7 Å². The highest BCUT2D eigenvalue weighted by Crippen LogP contribution is 2.40. The average Bonchev–Trinajstić information content (AvgIpc) is 3.42. The van der Waals surface area contributed by atoms with Crippen LogP contribution in [0.2, 0.25) is 0 Å². The number of hydrogen-bond donors (Lipinski definition) is 2. The second-order valence-corrected chi connectivity index (χ2v) is 9.62. The van der Waals surface area contributed by atoms with Gasteiger partial charge in [-0.1, -0.05) is 48.6 Å². The summed E-state index contributed by atoms with van der Waals surface area (Å²) in [5.74, 6) is 0.269. The molecular formula is C28H29N5. The van der Waals surface area contributed by atoms with Crippen molar-refractivity contribution in [2.24, 2.45) is 5.73 Å². The second-order valence-electron chi connectivity index (χ2n) is 9.62. The van der Waals surface area contributed by atoms with E-state index in [0.29, 0.717) is 0 Å². The highest BCUT2D eigenvalue weighted by Gasteiger charge is 2.34. The molecule has 0 spiro atoms. The molecule has 4 aromatic rings. The molecule has 1 saturated carbocycles. The van der Waals surface area contributed by atoms with Crippen LogP contribution in [-0.4, -0.2) is 19.6 Å². The number of hydrogen-bond acceptors (Lipinski definition) is 3. The van der Waals surface area contributed by atoms with Gasteiger partial charge >= 0.3 is 0 Å². The standard InChI is InChI=1S/C28H29N5/c1-18-15-22(24-16-19(2)31-32-24)17-33-26(21-7-4-3-5-8-21)25(30-27(18)33)20-9-11-23(12-10-20)28(29)13-6-14-28/h3-5,7,9-12,15-17,21H,6,8,13-14,29H2,1-2H3,(H,31,32). The van der Waals surface area contributed by atoms with E-state index in [1.807, 2.05) is 6.92 Å². The Morgan fingerprint density at radius 3 is 2.52 bits per heavy atom. The molecule has 3 N–H and O–H groups in total. The van der Waals surface area contributed by atoms with Gasteiger partial charge in [0.05, 0.1) is 22.8 Å². The second kappa shape index (κ2) is 7.56. The molecule has 33 heavy (non-hydrogen) atoms. The predicted octanol–water partition coefficient (Wildman–Crippen LogP) is 5.95. The van der Waals surface area contributed by atoms with Crippen molar-refractivity contribution in [1.29, 1.82) is 0 Å². The lowest BCUT2D eigenvalue weighted by atomic mass is 9.72. The summed E-state index contributed by atoms with van der Waals surface area (Å²) in [5, 5.41) is 7.49. The number of aromatic nitrogens is 4. The molecule has 6 rings (SSSR count). The summed E-state index contributed by atoms with van der Waals surface area (Å²) >= 11 is 0. The van der Waals surface area contributed by atoms with Crippen LogP contribution in [0.1, 0.15) is 54.1 Å². The van der Waals surface area contributed by atoms with Gasteiger partial charge in [0.25, 0.3) is 0 Å². The van der Waals surface area contributed by atoms with Crippen molar-refractivity contribution in [1.82, 2.24) is 19.6 Å². The maximum absolute atomic E-state index is 6.57. The van der Waals surface area contributed by atoms with E-state index < -0.39 is 0 Å². The number of aryl methyl sites for hydroxylation is 2. The Morgan fingerprint density at radius 1 is 1.06 bits per heavy atom. The minimum absolute atomic E-state index is 0.148. The maximum Gasteiger partial charge on any atom is 0.140 e. The average molecular weight is 436 g/mol. The van der Waals surface area contributed by atoms with E-state index in [9.17, 15) is 0 Å². The third kappa shape index (κ3) is 3.35. The smallest absolute Gasteiger partial charge is 0.140 e. The Balaban J connectivity index is 1.53. The van der Waals surface area contributed by atoms with Gasteiger partial charge in [-0.05, 0) is 62.8 Å². The van der Waals surface area contributed by atoms with E-state index in [-0.39, 0.29) is 11.5 Å². The monoisotopic (exact) mass is 435 g/mol. The van der Waals surface area contributed by atoms with Crippen molar-refractivity contribution >= 4 is 5.65 Å². The Hall–Kier alpha value is -3.44. The summed E-state index contributed by atoms with van der Waals surface area (Å²) in [6, 6.07) is 13.1. The third-order valence-corrected chi connectivity index (χ3v) is 7.27. The van der Waals surface area contributed by atoms with E-state index in [1.165, 1.54) is 17.7 Å². The van der Waals surface area contributed by atoms with Crippen LogP contribution in [0, 0.1) is 13.8 Å². The zero-order valence-corrected chi connectivity index (χ0v) is 19.2. The molecule has 5 heteroatoms. The highest BCUT2D eigenvalue weighted by atomic mass is 15.1. The number of imidazole rings is 1. The number of aromatic amines is 1. The fourth-order valence-electron chi connectivity index (χ4n) is 5.20. The van der Waals surface area contributed by atoms with Gasteiger partial charge in [0, 0.05) is 28.8 Å². The summed E-state index contributed by atoms with van der Waals surface area (Å²) in [4.78, 5) is 5.17. The van der Waals surface area contributed by atoms with Crippen molar-refractivity contribution in [3.05, 3.63) is 89.4 Å². The van der Waals surface area contributed by atoms with E-state index in [1.54, 1.807) is 0 Å². The first-order valence-electron chi connectivity index (χ1n) is 11.8. The van der Waals surface area contributed by atoms with Crippen LogP contribution in [-0.2, 0) is 5.54 Å². The van der Waals surface area contributed by atoms with Crippen molar-refractivity contribution in [3.63, 3.8) is 0 Å². The van der Waals surface area contributed by atoms with Gasteiger partial charge in [-0.3, -0.25) is 5.10 Å². The number of rotatable bonds is 4. The molecule has 3 heterocycles. The first-order chi connectivity index (χ1) is 16.0. The zero-order chi connectivity index (χ0) is 22.6. The van der Waals surface area contributed by atoms with E-state index in [2.05, 4.69) is 88.4 Å². The van der Waals surface area contributed by atoms with Gasteiger partial charge < -0.3 is 10.1 Å². The molecule has 166 valence electrons. The fourth-order valence-corrected chi connectivity index (χ4v) is 5.20. The predicted molar refractivity (Wildman–Crippen MR) is 133 cm³/mol. The molecule has 0 radical (unpaired) electrons. The third-order valence-electron chi connectivity index (χ3n) is 7.27. The highest BCUT2D eigenvalue weighted by molar-refractivity contribution is 5.72. The summed E-state index contributed by atoms with van der Waals surface area (Å²) < 4.78 is 2.29. The molecule has 2 aliphatic rings. The number of nitrogens with two attached hydrogens (primary N) is 1. The molecule has 5 nitrogen and oxygen atoms in total. The summed E-state index contributed by atoms with van der Waals surface area (Å²) in [6.45, 7) is 4.14. The van der Waals surface area contributed by atoms with Crippen LogP contribution in [0.4, 0.5) is 0 Å². The minimum Gasteiger partial charge on any atom is -0.321 e. The number of pyridine rings is 1. The Kier molecular flexibility index (Phi) is 4.63. The molecule has 1 atom stereocenters. The largest absolute Gasteiger partial charge is 0.321 e. The number of nitrogens with zero attached hydrogens (tertiary/aromatic N) is 3. The number of benzene rings is 1. The van der Waals surface area contributed by atoms with Gasteiger partial charge in [-0.2, -0.15) is 5.10 Å². The Bertz CT molecular complexity index is 1400. The number of H-pyrrole nitrogens is 1. The van der Waals surface area contributed by atoms with Crippen LogP contribution < -0.4 is 5.73 Å². The normalized spacial score (nSPS) is 19.2. The summed E-state index contributed by atoms with van der Waals surface area (Å²) in [5.41, 5.74) is 16.3. The SMILES string of the molecule is Cc1cc(-c2cc(C)c3nc(-c4ccc(C5(N)CCC5)cc4)c(C4C=CC=CC4)n3c2)[nH]n1. The molecule has 1 unspecified atom stereocenters. The van der Waals surface area contributed by atoms with E-state index >= 15 is 0 Å². The number of allylic oxidation sites excluding steroid dienone is 4. The van der Waals surface area contributed by atoms with Crippen LogP contribution in [0.15, 0.2) is 66.9 Å². The number of fused-ring (bicyclic) bond motifs is 1.